The van der Waals surface area contributed by atoms with Crippen LogP contribution in [0.3, 0.4) is 0 Å². The molecule has 3 aromatic rings. The van der Waals surface area contributed by atoms with Crippen molar-refractivity contribution in [2.45, 2.75) is 6.92 Å². The van der Waals surface area contributed by atoms with E-state index in [1.165, 1.54) is 5.56 Å². The fraction of sp³-hybridized carbons (Fsp3) is 0.227. The highest BCUT2D eigenvalue weighted by Gasteiger charge is 2.24. The van der Waals surface area contributed by atoms with Crippen molar-refractivity contribution >= 4 is 23.3 Å². The molecule has 1 aromatic heterocycles. The van der Waals surface area contributed by atoms with Crippen LogP contribution in [-0.2, 0) is 0 Å². The van der Waals surface area contributed by atoms with Crippen LogP contribution in [0.5, 0.6) is 0 Å². The van der Waals surface area contributed by atoms with Gasteiger partial charge in [-0.25, -0.2) is 0 Å². The van der Waals surface area contributed by atoms with Gasteiger partial charge in [0, 0.05) is 31.7 Å². The number of halogens is 1. The van der Waals surface area contributed by atoms with Crippen LogP contribution in [-0.4, -0.2) is 47.2 Å². The van der Waals surface area contributed by atoms with Gasteiger partial charge in [-0.1, -0.05) is 53.6 Å². The predicted molar refractivity (Wildman–Crippen MR) is 112 cm³/mol. The highest BCUT2D eigenvalue weighted by molar-refractivity contribution is 6.33. The van der Waals surface area contributed by atoms with Crippen molar-refractivity contribution < 1.29 is 4.79 Å². The first kappa shape index (κ1) is 18.4. The van der Waals surface area contributed by atoms with Crippen molar-refractivity contribution in [3.63, 3.8) is 0 Å². The van der Waals surface area contributed by atoms with E-state index in [1.807, 2.05) is 29.2 Å². The summed E-state index contributed by atoms with van der Waals surface area (Å²) in [6.45, 7) is 4.76. The summed E-state index contributed by atoms with van der Waals surface area (Å²) >= 11 is 6.16. The van der Waals surface area contributed by atoms with Crippen LogP contribution >= 0.6 is 11.6 Å². The molecule has 0 unspecified atom stereocenters. The van der Waals surface area contributed by atoms with E-state index in [2.05, 4.69) is 46.3 Å². The van der Waals surface area contributed by atoms with Crippen LogP contribution in [0.1, 0.15) is 15.9 Å². The Kier molecular flexibility index (Phi) is 5.26. The molecule has 1 fully saturated rings. The van der Waals surface area contributed by atoms with Gasteiger partial charge in [-0.2, -0.15) is 0 Å². The van der Waals surface area contributed by atoms with Gasteiger partial charge < -0.3 is 9.80 Å². The van der Waals surface area contributed by atoms with E-state index in [0.717, 1.165) is 30.2 Å². The number of piperazine rings is 1. The standard InChI is InChI=1S/C22H21ClN4O/c1-16-6-8-17(9-7-16)20-10-11-21(25-24-20)26-12-14-27(15-13-26)22(28)18-4-2-3-5-19(18)23/h2-11H,12-15H2,1H3. The molecule has 2 heterocycles. The zero-order chi connectivity index (χ0) is 19.5. The molecule has 0 bridgehead atoms. The Bertz CT molecular complexity index is 965. The highest BCUT2D eigenvalue weighted by atomic mass is 35.5. The van der Waals surface area contributed by atoms with Crippen molar-refractivity contribution in [3.8, 4) is 11.3 Å². The molecule has 0 saturated carbocycles. The summed E-state index contributed by atoms with van der Waals surface area (Å²) in [4.78, 5) is 16.7. The molecule has 28 heavy (non-hydrogen) atoms. The summed E-state index contributed by atoms with van der Waals surface area (Å²) in [6, 6.07) is 19.4. The van der Waals surface area contributed by atoms with Gasteiger partial charge in [0.05, 0.1) is 16.3 Å². The van der Waals surface area contributed by atoms with Crippen molar-refractivity contribution in [2.24, 2.45) is 0 Å². The van der Waals surface area contributed by atoms with Gasteiger partial charge in [0.25, 0.3) is 5.91 Å². The molecule has 0 atom stereocenters. The average Bonchev–Trinajstić information content (AvgIpc) is 2.74. The van der Waals surface area contributed by atoms with Gasteiger partial charge in [0.15, 0.2) is 5.82 Å². The number of aromatic nitrogens is 2. The van der Waals surface area contributed by atoms with Crippen LogP contribution in [0.25, 0.3) is 11.3 Å². The van der Waals surface area contributed by atoms with Crippen LogP contribution in [0, 0.1) is 6.92 Å². The zero-order valence-electron chi connectivity index (χ0n) is 15.7. The van der Waals surface area contributed by atoms with E-state index in [9.17, 15) is 4.79 Å². The van der Waals surface area contributed by atoms with Crippen LogP contribution in [0.4, 0.5) is 5.82 Å². The van der Waals surface area contributed by atoms with E-state index in [1.54, 1.807) is 12.1 Å². The molecule has 0 N–H and O–H groups in total. The minimum Gasteiger partial charge on any atom is -0.352 e. The minimum atomic E-state index is -0.0222. The smallest absolute Gasteiger partial charge is 0.255 e. The molecule has 0 aliphatic carbocycles. The molecular weight excluding hydrogens is 372 g/mol. The number of nitrogens with zero attached hydrogens (tertiary/aromatic N) is 4. The molecule has 5 nitrogen and oxygen atoms in total. The SMILES string of the molecule is Cc1ccc(-c2ccc(N3CCN(C(=O)c4ccccc4Cl)CC3)nn2)cc1. The zero-order valence-corrected chi connectivity index (χ0v) is 16.4. The molecule has 142 valence electrons. The second-order valence-corrected chi connectivity index (χ2v) is 7.31. The average molecular weight is 393 g/mol. The number of carbonyl (C=O) groups is 1. The molecular formula is C22H21ClN4O. The van der Waals surface area contributed by atoms with Crippen molar-refractivity contribution in [2.75, 3.05) is 31.1 Å². The number of benzene rings is 2. The number of amides is 1. The van der Waals surface area contributed by atoms with Crippen molar-refractivity contribution in [3.05, 3.63) is 76.8 Å². The summed E-state index contributed by atoms with van der Waals surface area (Å²) in [7, 11) is 0. The number of hydrogen-bond acceptors (Lipinski definition) is 4. The third-order valence-electron chi connectivity index (χ3n) is 4.99. The summed E-state index contributed by atoms with van der Waals surface area (Å²) in [6.07, 6.45) is 0. The summed E-state index contributed by atoms with van der Waals surface area (Å²) in [5, 5.41) is 9.27. The van der Waals surface area contributed by atoms with Crippen LogP contribution < -0.4 is 4.90 Å². The second kappa shape index (κ2) is 7.98. The van der Waals surface area contributed by atoms with Gasteiger partial charge in [-0.15, -0.1) is 10.2 Å². The van der Waals surface area contributed by atoms with Crippen LogP contribution in [0.15, 0.2) is 60.7 Å². The van der Waals surface area contributed by atoms with Gasteiger partial charge in [0.1, 0.15) is 0 Å². The lowest BCUT2D eigenvalue weighted by atomic mass is 10.1. The fourth-order valence-electron chi connectivity index (χ4n) is 3.32. The summed E-state index contributed by atoms with van der Waals surface area (Å²) in [5.74, 6) is 0.812. The van der Waals surface area contributed by atoms with E-state index in [-0.39, 0.29) is 5.91 Å². The number of aryl methyl sites for hydroxylation is 1. The maximum Gasteiger partial charge on any atom is 0.255 e. The first-order valence-electron chi connectivity index (χ1n) is 9.31. The van der Waals surface area contributed by atoms with E-state index in [4.69, 9.17) is 11.6 Å². The van der Waals surface area contributed by atoms with Gasteiger partial charge in [0.2, 0.25) is 0 Å². The Morgan fingerprint density at radius 3 is 2.25 bits per heavy atom. The molecule has 0 radical (unpaired) electrons. The lowest BCUT2D eigenvalue weighted by molar-refractivity contribution is 0.0746. The van der Waals surface area contributed by atoms with Crippen molar-refractivity contribution in [1.82, 2.24) is 15.1 Å². The minimum absolute atomic E-state index is 0.0222. The lowest BCUT2D eigenvalue weighted by Crippen LogP contribution is -2.49. The molecule has 6 heteroatoms. The monoisotopic (exact) mass is 392 g/mol. The second-order valence-electron chi connectivity index (χ2n) is 6.90. The Morgan fingerprint density at radius 1 is 0.893 bits per heavy atom. The van der Waals surface area contributed by atoms with Gasteiger partial charge in [-0.05, 0) is 31.2 Å². The molecule has 1 saturated heterocycles. The quantitative estimate of drug-likeness (QED) is 0.674. The predicted octanol–water partition coefficient (Wildman–Crippen LogP) is 4.07. The van der Waals surface area contributed by atoms with Crippen molar-refractivity contribution in [1.29, 1.82) is 0 Å². The largest absolute Gasteiger partial charge is 0.352 e. The van der Waals surface area contributed by atoms with E-state index >= 15 is 0 Å². The molecule has 4 rings (SSSR count). The normalized spacial score (nSPS) is 14.2. The molecule has 2 aromatic carbocycles. The highest BCUT2D eigenvalue weighted by Crippen LogP contribution is 2.21. The van der Waals surface area contributed by atoms with E-state index in [0.29, 0.717) is 23.7 Å². The maximum absolute atomic E-state index is 12.7. The lowest BCUT2D eigenvalue weighted by Gasteiger charge is -2.35. The van der Waals surface area contributed by atoms with Crippen LogP contribution in [0.2, 0.25) is 5.02 Å². The Hall–Kier alpha value is -2.92. The number of carbonyl (C=O) groups excluding carboxylic acids is 1. The van der Waals surface area contributed by atoms with E-state index < -0.39 is 0 Å². The van der Waals surface area contributed by atoms with Gasteiger partial charge in [-0.3, -0.25) is 4.79 Å². The Morgan fingerprint density at radius 2 is 1.61 bits per heavy atom. The third kappa shape index (κ3) is 3.85. The third-order valence-corrected chi connectivity index (χ3v) is 5.32. The first-order valence-corrected chi connectivity index (χ1v) is 9.69. The molecule has 1 amide bonds. The molecule has 1 aliphatic heterocycles. The maximum atomic E-state index is 12.7. The molecule has 1 aliphatic rings. The Labute approximate surface area is 169 Å². The fourth-order valence-corrected chi connectivity index (χ4v) is 3.53. The summed E-state index contributed by atoms with van der Waals surface area (Å²) in [5.41, 5.74) is 3.69. The number of hydrogen-bond donors (Lipinski definition) is 0. The number of rotatable bonds is 3. The topological polar surface area (TPSA) is 49.3 Å². The Balaban J connectivity index is 1.40. The molecule has 0 spiro atoms. The van der Waals surface area contributed by atoms with Gasteiger partial charge >= 0.3 is 0 Å². The summed E-state index contributed by atoms with van der Waals surface area (Å²) < 4.78 is 0. The number of anilines is 1. The first-order chi connectivity index (χ1) is 13.6.